The Morgan fingerprint density at radius 3 is 1.90 bits per heavy atom. The minimum absolute atomic E-state index is 0.0137. The molecule has 0 fully saturated rings. The molecule has 0 aliphatic heterocycles. The number of non-ortho nitro benzene ring substituents is 1. The lowest BCUT2D eigenvalue weighted by molar-refractivity contribution is -0.432. The molecule has 0 spiro atoms. The van der Waals surface area contributed by atoms with Crippen molar-refractivity contribution < 1.29 is 75.1 Å². The number of phenols is 2. The Kier molecular flexibility index (Phi) is 11.6. The van der Waals surface area contributed by atoms with E-state index in [2.05, 4.69) is 39.2 Å². The summed E-state index contributed by atoms with van der Waals surface area (Å²) in [6, 6.07) is 7.92. The van der Waals surface area contributed by atoms with Gasteiger partial charge in [0, 0.05) is 18.2 Å². The SMILES string of the molecule is COc1ccc(/N=N/c2c(SOOO)cc3cc(S(=O)(=O)O)c(/N=N/c4ccc([N+](=O)[O-])cc4SOOO)c(O)c3c2O)c(S(=O)(=O)O)c1. The molecule has 260 valence electrons. The fourth-order valence-corrected chi connectivity index (χ4v) is 6.16. The van der Waals surface area contributed by atoms with Crippen molar-refractivity contribution in [3.63, 3.8) is 0 Å². The molecule has 0 aliphatic rings. The number of aromatic hydroxyl groups is 2. The van der Waals surface area contributed by atoms with Gasteiger partial charge < -0.3 is 14.9 Å². The van der Waals surface area contributed by atoms with Gasteiger partial charge in [0.1, 0.15) is 38.3 Å². The van der Waals surface area contributed by atoms with Crippen molar-refractivity contribution in [1.82, 2.24) is 0 Å². The van der Waals surface area contributed by atoms with E-state index in [0.29, 0.717) is 0 Å². The van der Waals surface area contributed by atoms with Gasteiger partial charge in [-0.15, -0.1) is 29.1 Å². The smallest absolute Gasteiger partial charge is 0.296 e. The second-order valence-corrected chi connectivity index (χ2v) is 13.1. The minimum Gasteiger partial charge on any atom is -0.505 e. The molecule has 49 heavy (non-hydrogen) atoms. The Labute approximate surface area is 281 Å². The van der Waals surface area contributed by atoms with Crippen molar-refractivity contribution in [3.05, 3.63) is 58.6 Å². The second-order valence-electron chi connectivity index (χ2n) is 8.79. The Morgan fingerprint density at radius 1 is 0.735 bits per heavy atom. The van der Waals surface area contributed by atoms with Crippen LogP contribution in [0.15, 0.2) is 88.6 Å². The fraction of sp³-hybridized carbons (Fsp3) is 0.0435. The highest BCUT2D eigenvalue weighted by Crippen LogP contribution is 2.51. The summed E-state index contributed by atoms with van der Waals surface area (Å²) in [6.45, 7) is 0. The molecule has 0 saturated heterocycles. The summed E-state index contributed by atoms with van der Waals surface area (Å²) in [6.07, 6.45) is 0. The van der Waals surface area contributed by atoms with Crippen LogP contribution in [-0.4, -0.2) is 58.7 Å². The zero-order valence-electron chi connectivity index (χ0n) is 23.7. The van der Waals surface area contributed by atoms with E-state index in [-0.39, 0.29) is 50.7 Å². The number of fused-ring (bicyclic) bond motifs is 1. The summed E-state index contributed by atoms with van der Waals surface area (Å²) in [5, 5.41) is 71.9. The number of phenolic OH excluding ortho intramolecular Hbond substituents is 2. The number of nitrogens with zero attached hydrogens (tertiary/aromatic N) is 5. The predicted molar refractivity (Wildman–Crippen MR) is 163 cm³/mol. The zero-order chi connectivity index (χ0) is 36.1. The summed E-state index contributed by atoms with van der Waals surface area (Å²) in [5.41, 5.74) is -2.79. The summed E-state index contributed by atoms with van der Waals surface area (Å²) < 4.78 is 81.9. The number of azo groups is 2. The molecule has 4 aromatic carbocycles. The standard InChI is InChI=1S/C23H17N5O17S4/c1-41-12-3-5-14(17(9-12)48(35,36)37)25-26-20-16(47-45-43-34)6-10-7-18(49(38,39)40)21(23(30)19(10)22(20)29)27-24-13-4-2-11(28(31)32)8-15(13)46-44-42-33/h2-9,29-30,33-34H,1H3,(H,35,36,37)(H,38,39,40)/b26-25+,27-24+. The molecule has 22 nitrogen and oxygen atoms in total. The highest BCUT2D eigenvalue weighted by molar-refractivity contribution is 7.95. The molecule has 0 aliphatic carbocycles. The van der Waals surface area contributed by atoms with Crippen LogP contribution in [-0.2, 0) is 39.0 Å². The fourth-order valence-electron chi connectivity index (χ4n) is 3.90. The van der Waals surface area contributed by atoms with Crippen LogP contribution >= 0.6 is 24.1 Å². The van der Waals surface area contributed by atoms with Crippen LogP contribution in [0.2, 0.25) is 0 Å². The molecule has 26 heteroatoms. The van der Waals surface area contributed by atoms with E-state index in [1.807, 2.05) is 0 Å². The third-order valence-electron chi connectivity index (χ3n) is 5.95. The number of rotatable bonds is 14. The molecular weight excluding hydrogens is 747 g/mol. The topological polar surface area (TPSA) is 328 Å². The quantitative estimate of drug-likeness (QED) is 0.0203. The van der Waals surface area contributed by atoms with Crippen LogP contribution in [0, 0.1) is 10.1 Å². The predicted octanol–water partition coefficient (Wildman–Crippen LogP) is 6.35. The molecule has 6 N–H and O–H groups in total. The molecule has 4 rings (SSSR count). The first-order chi connectivity index (χ1) is 23.1. The van der Waals surface area contributed by atoms with Gasteiger partial charge in [0.25, 0.3) is 25.9 Å². The lowest BCUT2D eigenvalue weighted by Crippen LogP contribution is -1.99. The lowest BCUT2D eigenvalue weighted by Gasteiger charge is -2.13. The van der Waals surface area contributed by atoms with Crippen LogP contribution in [0.3, 0.4) is 0 Å². The molecule has 0 heterocycles. The van der Waals surface area contributed by atoms with Gasteiger partial charge in [-0.1, -0.05) is 10.1 Å². The molecule has 0 bridgehead atoms. The second kappa shape index (κ2) is 15.3. The van der Waals surface area contributed by atoms with Crippen molar-refractivity contribution in [3.8, 4) is 17.2 Å². The number of nitro benzene ring substituents is 1. The Morgan fingerprint density at radius 2 is 1.31 bits per heavy atom. The average molecular weight is 764 g/mol. The van der Waals surface area contributed by atoms with Crippen LogP contribution in [0.5, 0.6) is 17.2 Å². The zero-order valence-corrected chi connectivity index (χ0v) is 26.9. The van der Waals surface area contributed by atoms with Gasteiger partial charge in [-0.05, 0) is 35.7 Å². The van der Waals surface area contributed by atoms with Crippen LogP contribution < -0.4 is 4.74 Å². The highest BCUT2D eigenvalue weighted by atomic mass is 32.2. The van der Waals surface area contributed by atoms with Gasteiger partial charge in [0.2, 0.25) is 0 Å². The van der Waals surface area contributed by atoms with Crippen molar-refractivity contribution in [2.45, 2.75) is 19.6 Å². The van der Waals surface area contributed by atoms with Gasteiger partial charge in [0.15, 0.2) is 11.5 Å². The maximum absolute atomic E-state index is 12.4. The van der Waals surface area contributed by atoms with Crippen molar-refractivity contribution in [2.24, 2.45) is 20.5 Å². The molecule has 0 aromatic heterocycles. The van der Waals surface area contributed by atoms with E-state index in [1.54, 1.807) is 0 Å². The number of hydrogen-bond acceptors (Lipinski definition) is 21. The van der Waals surface area contributed by atoms with Gasteiger partial charge in [-0.3, -0.25) is 19.2 Å². The molecular formula is C23H17N5O17S4. The molecule has 0 radical (unpaired) electrons. The van der Waals surface area contributed by atoms with Crippen molar-refractivity contribution in [2.75, 3.05) is 7.11 Å². The van der Waals surface area contributed by atoms with Gasteiger partial charge in [-0.2, -0.15) is 16.8 Å². The van der Waals surface area contributed by atoms with E-state index < -0.39 is 74.6 Å². The van der Waals surface area contributed by atoms with Gasteiger partial charge >= 0.3 is 0 Å². The van der Waals surface area contributed by atoms with E-state index in [9.17, 15) is 46.3 Å². The molecule has 0 atom stereocenters. The average Bonchev–Trinajstić information content (AvgIpc) is 3.04. The minimum atomic E-state index is -5.22. The van der Waals surface area contributed by atoms with E-state index in [4.69, 9.17) is 15.3 Å². The first-order valence-corrected chi connectivity index (χ1v) is 16.6. The number of methoxy groups -OCH3 is 1. The lowest BCUT2D eigenvalue weighted by atomic mass is 10.1. The summed E-state index contributed by atoms with van der Waals surface area (Å²) in [7, 11) is -8.90. The van der Waals surface area contributed by atoms with Crippen molar-refractivity contribution >= 4 is 83.5 Å². The number of benzene rings is 4. The summed E-state index contributed by atoms with van der Waals surface area (Å²) in [5.74, 6) is -2.10. The number of hydrogen-bond donors (Lipinski definition) is 6. The third-order valence-corrected chi connectivity index (χ3v) is 8.96. The monoisotopic (exact) mass is 763 g/mol. The molecule has 0 unspecified atom stereocenters. The number of nitro groups is 1. The van der Waals surface area contributed by atoms with E-state index in [1.165, 1.54) is 13.2 Å². The first-order valence-electron chi connectivity index (χ1n) is 12.2. The third kappa shape index (κ3) is 8.54. The van der Waals surface area contributed by atoms with Crippen molar-refractivity contribution in [1.29, 1.82) is 0 Å². The van der Waals surface area contributed by atoms with Crippen LogP contribution in [0.1, 0.15) is 0 Å². The molecule has 0 amide bonds. The maximum atomic E-state index is 12.4. The summed E-state index contributed by atoms with van der Waals surface area (Å²) in [4.78, 5) is 8.06. The largest absolute Gasteiger partial charge is 0.505 e. The van der Waals surface area contributed by atoms with E-state index >= 15 is 0 Å². The Balaban J connectivity index is 1.97. The maximum Gasteiger partial charge on any atom is 0.296 e. The van der Waals surface area contributed by atoms with Gasteiger partial charge in [0.05, 0.1) is 51.3 Å². The van der Waals surface area contributed by atoms with Crippen LogP contribution in [0.4, 0.5) is 28.4 Å². The first kappa shape index (κ1) is 37.2. The van der Waals surface area contributed by atoms with Crippen LogP contribution in [0.25, 0.3) is 10.8 Å². The number of ether oxygens (including phenoxy) is 1. The summed E-state index contributed by atoms with van der Waals surface area (Å²) >= 11 is 0.395. The van der Waals surface area contributed by atoms with Gasteiger partial charge in [-0.25, -0.2) is 10.5 Å². The normalized spacial score (nSPS) is 12.3. The Bertz CT molecular complexity index is 2220. The van der Waals surface area contributed by atoms with E-state index in [0.717, 1.165) is 42.5 Å². The Hall–Kier alpha value is -4.58. The molecule has 0 saturated carbocycles. The molecule has 4 aromatic rings. The highest BCUT2D eigenvalue weighted by Gasteiger charge is 2.27.